The van der Waals surface area contributed by atoms with Crippen LogP contribution in [0.2, 0.25) is 0 Å². The van der Waals surface area contributed by atoms with Crippen LogP contribution in [0.15, 0.2) is 170 Å². The van der Waals surface area contributed by atoms with Crippen LogP contribution in [0.25, 0.3) is 43.1 Å². The molecule has 0 fully saturated rings. The van der Waals surface area contributed by atoms with Gasteiger partial charge in [0.2, 0.25) is 0 Å². The summed E-state index contributed by atoms with van der Waals surface area (Å²) in [4.78, 5) is 0. The lowest BCUT2D eigenvalue weighted by atomic mass is 9.90. The fourth-order valence-corrected chi connectivity index (χ4v) is 8.50. The molecule has 0 bridgehead atoms. The zero-order valence-corrected chi connectivity index (χ0v) is 43.9. The molecule has 0 heterocycles. The first-order chi connectivity index (χ1) is 34.0. The normalized spacial score (nSPS) is 11.2. The molecular weight excluding hydrogens is 817 g/mol. The van der Waals surface area contributed by atoms with Gasteiger partial charge in [-0.15, -0.1) is 0 Å². The third-order valence-corrected chi connectivity index (χ3v) is 13.5. The molecule has 0 nitrogen and oxygen atoms in total. The van der Waals surface area contributed by atoms with Crippen LogP contribution < -0.4 is 0 Å². The average Bonchev–Trinajstić information content (AvgIpc) is 3.37. The number of fused-ring (bicyclic) bond motifs is 5. The van der Waals surface area contributed by atoms with Gasteiger partial charge in [0.25, 0.3) is 0 Å². The van der Waals surface area contributed by atoms with Crippen LogP contribution in [-0.4, -0.2) is 0 Å². The van der Waals surface area contributed by atoms with Gasteiger partial charge in [-0.1, -0.05) is 192 Å². The predicted molar refractivity (Wildman–Crippen MR) is 304 cm³/mol. The zero-order chi connectivity index (χ0) is 53.1. The second-order valence-electron chi connectivity index (χ2n) is 18.6. The van der Waals surface area contributed by atoms with E-state index >= 15 is 0 Å². The smallest absolute Gasteiger partial charge is 0.0620 e. The van der Waals surface area contributed by atoms with E-state index in [1.54, 1.807) is 13.8 Å². The monoisotopic (exact) mass is 897 g/mol. The second kappa shape index (κ2) is 24.3. The van der Waals surface area contributed by atoms with Crippen LogP contribution >= 0.6 is 0 Å². The molecule has 0 aliphatic rings. The summed E-state index contributed by atoms with van der Waals surface area (Å²) in [6, 6.07) is 52.0. The molecule has 0 spiro atoms. The molecule has 0 saturated carbocycles. The number of rotatable bonds is 0. The average molecular weight is 897 g/mol. The first kappa shape index (κ1) is 46.4. The Morgan fingerprint density at radius 2 is 0.574 bits per heavy atom. The first-order valence-electron chi connectivity index (χ1n) is 25.9. The summed E-state index contributed by atoms with van der Waals surface area (Å²) in [5.41, 5.74) is 20.4. The van der Waals surface area contributed by atoms with Crippen LogP contribution in [0.5, 0.6) is 0 Å². The Labute approximate surface area is 416 Å². The van der Waals surface area contributed by atoms with Gasteiger partial charge in [-0.05, 0) is 221 Å². The molecule has 10 rings (SSSR count). The fraction of sp³-hybridized carbons (Fsp3) is 0.235. The SMILES string of the molecule is Cc1c(C)c(C)c(C)c(C)c1C.Cc1cc(C)c2ccccc2c1.Cc1ccc2cc(C)c3ccccc3c2c1.Cc1cccc2c(C)cccc12.Cc1ccccc1C.[2H]c1c([2H])c(C)c([2H])c([2H])c1C. The molecule has 348 valence electrons. The number of benzene rings is 10. The summed E-state index contributed by atoms with van der Waals surface area (Å²) < 4.78 is 29.7. The zero-order valence-electron chi connectivity index (χ0n) is 47.9. The number of hydrogen-bond acceptors (Lipinski definition) is 0. The summed E-state index contributed by atoms with van der Waals surface area (Å²) >= 11 is 0. The molecule has 0 N–H and O–H groups in total. The Balaban J connectivity index is 0.000000162. The molecule has 0 atom stereocenters. The molecule has 0 aliphatic carbocycles. The van der Waals surface area contributed by atoms with Gasteiger partial charge in [0.1, 0.15) is 0 Å². The van der Waals surface area contributed by atoms with Gasteiger partial charge >= 0.3 is 0 Å². The van der Waals surface area contributed by atoms with Crippen LogP contribution in [0.4, 0.5) is 0 Å². The summed E-state index contributed by atoms with van der Waals surface area (Å²) in [6.45, 7) is 33.6. The van der Waals surface area contributed by atoms with Crippen molar-refractivity contribution >= 4 is 43.1 Å². The summed E-state index contributed by atoms with van der Waals surface area (Å²) in [5.74, 6) is 0. The molecule has 10 aromatic carbocycles. The van der Waals surface area contributed by atoms with E-state index in [2.05, 4.69) is 243 Å². The summed E-state index contributed by atoms with van der Waals surface area (Å²) in [5, 5.41) is 10.9. The van der Waals surface area contributed by atoms with E-state index in [1.807, 2.05) is 0 Å². The van der Waals surface area contributed by atoms with Crippen LogP contribution in [0.1, 0.15) is 94.5 Å². The highest BCUT2D eigenvalue weighted by atomic mass is 14.1. The highest BCUT2D eigenvalue weighted by molar-refractivity contribution is 6.09. The van der Waals surface area contributed by atoms with E-state index in [1.165, 1.54) is 121 Å². The maximum atomic E-state index is 7.43. The molecule has 0 amide bonds. The van der Waals surface area contributed by atoms with E-state index < -0.39 is 0 Å². The van der Waals surface area contributed by atoms with Gasteiger partial charge < -0.3 is 0 Å². The second-order valence-corrected chi connectivity index (χ2v) is 18.6. The van der Waals surface area contributed by atoms with Crippen molar-refractivity contribution < 1.29 is 5.48 Å². The highest BCUT2D eigenvalue weighted by Crippen LogP contribution is 2.29. The minimum atomic E-state index is 0.0634. The Bertz CT molecular complexity index is 3180. The quantitative estimate of drug-likeness (QED) is 0.133. The molecule has 0 aliphatic heterocycles. The standard InChI is InChI=1S/C16H14.2C12H12.C12H18.2C8H10/c1-11-7-8-13-10-12(2)14-5-3-4-6-15(14)16(13)9-11;1-9-5-3-8-12-10(2)6-4-7-11(9)12;1-9-7-10(2)12-6-4-3-5-11(12)8-9;1-7-8(2)10(4)12(6)11(5)9(7)3;1-7-3-5-8(2)6-4-7;1-7-5-3-4-6-8(7)2/h3-10H,1-2H3;2*3-8H,1-2H3;1-6H3;2*3-6H,1-2H3/i;;;;3D,4D,5D,6D;. The van der Waals surface area contributed by atoms with E-state index in [9.17, 15) is 0 Å². The van der Waals surface area contributed by atoms with Gasteiger partial charge in [0.05, 0.1) is 5.48 Å². The van der Waals surface area contributed by atoms with Gasteiger partial charge in [0.15, 0.2) is 0 Å². The van der Waals surface area contributed by atoms with E-state index in [-0.39, 0.29) is 24.2 Å². The minimum Gasteiger partial charge on any atom is -0.0620 e. The fourth-order valence-electron chi connectivity index (χ4n) is 8.50. The Kier molecular flexibility index (Phi) is 16.6. The van der Waals surface area contributed by atoms with E-state index in [0.29, 0.717) is 11.1 Å². The third kappa shape index (κ3) is 13.7. The van der Waals surface area contributed by atoms with Crippen molar-refractivity contribution in [3.63, 3.8) is 0 Å². The Morgan fingerprint density at radius 3 is 1.04 bits per heavy atom. The lowest BCUT2D eigenvalue weighted by Gasteiger charge is -2.15. The Morgan fingerprint density at radius 1 is 0.221 bits per heavy atom. The first-order valence-corrected chi connectivity index (χ1v) is 23.9. The minimum absolute atomic E-state index is 0.0634. The molecule has 68 heavy (non-hydrogen) atoms. The van der Waals surface area contributed by atoms with Crippen molar-refractivity contribution in [2.75, 3.05) is 0 Å². The lowest BCUT2D eigenvalue weighted by Crippen LogP contribution is -1.98. The van der Waals surface area contributed by atoms with Crippen LogP contribution in [-0.2, 0) is 0 Å². The van der Waals surface area contributed by atoms with Crippen molar-refractivity contribution in [2.45, 2.75) is 111 Å². The molecule has 0 aromatic heterocycles. The van der Waals surface area contributed by atoms with Crippen molar-refractivity contribution in [1.82, 2.24) is 0 Å². The van der Waals surface area contributed by atoms with E-state index in [4.69, 9.17) is 5.48 Å². The van der Waals surface area contributed by atoms with Crippen molar-refractivity contribution in [3.05, 3.63) is 259 Å². The van der Waals surface area contributed by atoms with Crippen molar-refractivity contribution in [2.24, 2.45) is 0 Å². The van der Waals surface area contributed by atoms with Crippen molar-refractivity contribution in [3.8, 4) is 0 Å². The van der Waals surface area contributed by atoms with E-state index in [0.717, 1.165) is 0 Å². The maximum Gasteiger partial charge on any atom is 0.0626 e. The lowest BCUT2D eigenvalue weighted by molar-refractivity contribution is 1.13. The molecule has 10 aromatic rings. The molecule has 0 unspecified atom stereocenters. The number of hydrogen-bond donors (Lipinski definition) is 0. The van der Waals surface area contributed by atoms with Crippen molar-refractivity contribution in [1.29, 1.82) is 0 Å². The summed E-state index contributed by atoms with van der Waals surface area (Å²) in [6.07, 6.45) is 0. The van der Waals surface area contributed by atoms with Gasteiger partial charge in [-0.25, -0.2) is 0 Å². The molecule has 0 radical (unpaired) electrons. The van der Waals surface area contributed by atoms with Crippen LogP contribution in [0.3, 0.4) is 0 Å². The predicted octanol–water partition coefficient (Wildman–Crippen LogP) is 19.7. The van der Waals surface area contributed by atoms with Gasteiger partial charge in [-0.3, -0.25) is 0 Å². The van der Waals surface area contributed by atoms with Gasteiger partial charge in [0, 0.05) is 0 Å². The largest absolute Gasteiger partial charge is 0.0626 e. The third-order valence-electron chi connectivity index (χ3n) is 13.5. The topological polar surface area (TPSA) is 0 Å². The number of aryl methyl sites for hydroxylation is 8. The Hall–Kier alpha value is -6.76. The summed E-state index contributed by atoms with van der Waals surface area (Å²) in [7, 11) is 0. The molecule has 0 heteroatoms. The van der Waals surface area contributed by atoms with Crippen LogP contribution in [0, 0.1) is 111 Å². The highest BCUT2D eigenvalue weighted by Gasteiger charge is 2.08. The molecular formula is C68H76. The van der Waals surface area contributed by atoms with Gasteiger partial charge in [-0.2, -0.15) is 0 Å². The molecule has 0 saturated heterocycles. The maximum absolute atomic E-state index is 7.43.